The highest BCUT2D eigenvalue weighted by atomic mass is 35.5. The second kappa shape index (κ2) is 9.26. The summed E-state index contributed by atoms with van der Waals surface area (Å²) in [4.78, 5) is 6.92. The SMILES string of the molecule is CCOC(C)n1c(CCN(C)C)nc2ccccc21.Cl.Cl. The lowest BCUT2D eigenvalue weighted by Gasteiger charge is -2.18. The lowest BCUT2D eigenvalue weighted by Crippen LogP contribution is -2.19. The van der Waals surface area contributed by atoms with Crippen molar-refractivity contribution < 1.29 is 4.74 Å². The molecule has 120 valence electrons. The second-order valence-corrected chi connectivity index (χ2v) is 4.99. The average Bonchev–Trinajstić information content (AvgIpc) is 2.74. The Bertz CT molecular complexity index is 543. The molecule has 0 saturated carbocycles. The summed E-state index contributed by atoms with van der Waals surface area (Å²) >= 11 is 0. The van der Waals surface area contributed by atoms with E-state index in [1.165, 1.54) is 0 Å². The van der Waals surface area contributed by atoms with Gasteiger partial charge in [0.15, 0.2) is 0 Å². The Morgan fingerprint density at radius 3 is 2.52 bits per heavy atom. The molecule has 1 aromatic carbocycles. The highest BCUT2D eigenvalue weighted by molar-refractivity contribution is 5.85. The minimum atomic E-state index is 0. The van der Waals surface area contributed by atoms with Gasteiger partial charge in [0.05, 0.1) is 11.0 Å². The molecule has 0 spiro atoms. The lowest BCUT2D eigenvalue weighted by molar-refractivity contribution is 0.0256. The lowest BCUT2D eigenvalue weighted by atomic mass is 10.3. The zero-order valence-electron chi connectivity index (χ0n) is 13.1. The van der Waals surface area contributed by atoms with E-state index in [1.807, 2.05) is 13.0 Å². The fourth-order valence-corrected chi connectivity index (χ4v) is 2.32. The van der Waals surface area contributed by atoms with Crippen molar-refractivity contribution in [3.63, 3.8) is 0 Å². The molecule has 0 aliphatic carbocycles. The van der Waals surface area contributed by atoms with Crippen LogP contribution in [0.3, 0.4) is 0 Å². The molecule has 0 aliphatic heterocycles. The van der Waals surface area contributed by atoms with E-state index in [1.54, 1.807) is 0 Å². The quantitative estimate of drug-likeness (QED) is 0.809. The van der Waals surface area contributed by atoms with E-state index in [-0.39, 0.29) is 31.0 Å². The number of hydrogen-bond acceptors (Lipinski definition) is 3. The summed E-state index contributed by atoms with van der Waals surface area (Å²) in [6.45, 7) is 5.80. The Hall–Kier alpha value is -0.810. The van der Waals surface area contributed by atoms with Crippen LogP contribution in [0, 0.1) is 0 Å². The van der Waals surface area contributed by atoms with Gasteiger partial charge in [0.2, 0.25) is 0 Å². The maximum atomic E-state index is 5.75. The molecule has 2 aromatic rings. The molecular formula is C15H25Cl2N3O. The van der Waals surface area contributed by atoms with Crippen LogP contribution in [0.4, 0.5) is 0 Å². The Morgan fingerprint density at radius 2 is 1.90 bits per heavy atom. The van der Waals surface area contributed by atoms with Gasteiger partial charge < -0.3 is 14.2 Å². The molecule has 2 rings (SSSR count). The number of para-hydroxylation sites is 2. The standard InChI is InChI=1S/C15H23N3O.2ClH/c1-5-19-12(2)18-14-9-7-6-8-13(14)16-15(18)10-11-17(3)4;;/h6-9,12H,5,10-11H2,1-4H3;2*1H. The molecule has 1 atom stereocenters. The van der Waals surface area contributed by atoms with Gasteiger partial charge in [-0.05, 0) is 40.1 Å². The maximum Gasteiger partial charge on any atom is 0.132 e. The largest absolute Gasteiger partial charge is 0.359 e. The van der Waals surface area contributed by atoms with Crippen molar-refractivity contribution in [1.29, 1.82) is 0 Å². The number of fused-ring (bicyclic) bond motifs is 1. The summed E-state index contributed by atoms with van der Waals surface area (Å²) in [6.07, 6.45) is 0.952. The summed E-state index contributed by atoms with van der Waals surface area (Å²) in [6, 6.07) is 8.25. The molecule has 0 fully saturated rings. The molecule has 0 radical (unpaired) electrons. The van der Waals surface area contributed by atoms with Crippen LogP contribution in [0.1, 0.15) is 25.9 Å². The molecule has 0 aliphatic rings. The third kappa shape index (κ3) is 4.85. The molecule has 1 aromatic heterocycles. The minimum Gasteiger partial charge on any atom is -0.359 e. The second-order valence-electron chi connectivity index (χ2n) is 4.99. The first-order valence-electron chi connectivity index (χ1n) is 6.85. The van der Waals surface area contributed by atoms with Gasteiger partial charge in [-0.25, -0.2) is 4.98 Å². The van der Waals surface area contributed by atoms with E-state index in [0.29, 0.717) is 6.61 Å². The van der Waals surface area contributed by atoms with E-state index in [9.17, 15) is 0 Å². The van der Waals surface area contributed by atoms with Crippen LogP contribution >= 0.6 is 24.8 Å². The number of aromatic nitrogens is 2. The van der Waals surface area contributed by atoms with Crippen molar-refractivity contribution in [1.82, 2.24) is 14.5 Å². The van der Waals surface area contributed by atoms with Crippen molar-refractivity contribution >= 4 is 35.8 Å². The fraction of sp³-hybridized carbons (Fsp3) is 0.533. The average molecular weight is 334 g/mol. The molecule has 1 heterocycles. The maximum absolute atomic E-state index is 5.75. The van der Waals surface area contributed by atoms with Crippen LogP contribution in [-0.4, -0.2) is 41.7 Å². The number of rotatable bonds is 6. The van der Waals surface area contributed by atoms with Gasteiger partial charge in [-0.15, -0.1) is 24.8 Å². The van der Waals surface area contributed by atoms with Crippen LogP contribution in [-0.2, 0) is 11.2 Å². The summed E-state index contributed by atoms with van der Waals surface area (Å²) in [5.74, 6) is 1.09. The fourth-order valence-electron chi connectivity index (χ4n) is 2.32. The first kappa shape index (κ1) is 20.2. The van der Waals surface area contributed by atoms with E-state index in [4.69, 9.17) is 9.72 Å². The minimum absolute atomic E-state index is 0. The van der Waals surface area contributed by atoms with Crippen LogP contribution in [0.25, 0.3) is 11.0 Å². The summed E-state index contributed by atoms with van der Waals surface area (Å²) in [7, 11) is 4.16. The predicted molar refractivity (Wildman–Crippen MR) is 92.8 cm³/mol. The molecule has 21 heavy (non-hydrogen) atoms. The van der Waals surface area contributed by atoms with E-state index in [2.05, 4.69) is 48.7 Å². The number of likely N-dealkylation sites (N-methyl/N-ethyl adjacent to an activating group) is 1. The first-order valence-corrected chi connectivity index (χ1v) is 6.85. The van der Waals surface area contributed by atoms with Crippen LogP contribution in [0.2, 0.25) is 0 Å². The topological polar surface area (TPSA) is 30.3 Å². The molecule has 6 heteroatoms. The molecular weight excluding hydrogens is 309 g/mol. The zero-order chi connectivity index (χ0) is 13.8. The van der Waals surface area contributed by atoms with Gasteiger partial charge in [-0.1, -0.05) is 12.1 Å². The van der Waals surface area contributed by atoms with E-state index < -0.39 is 0 Å². The molecule has 0 amide bonds. The van der Waals surface area contributed by atoms with Gasteiger partial charge in [0, 0.05) is 19.6 Å². The third-order valence-electron chi connectivity index (χ3n) is 3.22. The Labute approximate surface area is 139 Å². The Balaban J connectivity index is 0.00000200. The smallest absolute Gasteiger partial charge is 0.132 e. The molecule has 4 nitrogen and oxygen atoms in total. The van der Waals surface area contributed by atoms with Gasteiger partial charge in [-0.3, -0.25) is 0 Å². The van der Waals surface area contributed by atoms with Crippen LogP contribution < -0.4 is 0 Å². The van der Waals surface area contributed by atoms with Crippen molar-refractivity contribution in [3.05, 3.63) is 30.1 Å². The number of halogens is 2. The summed E-state index contributed by atoms with van der Waals surface area (Å²) < 4.78 is 7.96. The number of ether oxygens (including phenoxy) is 1. The normalized spacial score (nSPS) is 12.0. The highest BCUT2D eigenvalue weighted by Crippen LogP contribution is 2.22. The Kier molecular flexibility index (Phi) is 8.90. The highest BCUT2D eigenvalue weighted by Gasteiger charge is 2.15. The van der Waals surface area contributed by atoms with Crippen molar-refractivity contribution in [2.45, 2.75) is 26.5 Å². The molecule has 0 N–H and O–H groups in total. The summed E-state index contributed by atoms with van der Waals surface area (Å²) in [5.41, 5.74) is 2.19. The van der Waals surface area contributed by atoms with Gasteiger partial charge in [-0.2, -0.15) is 0 Å². The monoisotopic (exact) mass is 333 g/mol. The van der Waals surface area contributed by atoms with E-state index in [0.717, 1.165) is 29.8 Å². The molecule has 1 unspecified atom stereocenters. The van der Waals surface area contributed by atoms with Crippen LogP contribution in [0.15, 0.2) is 24.3 Å². The third-order valence-corrected chi connectivity index (χ3v) is 3.22. The molecule has 0 bridgehead atoms. The first-order chi connectivity index (χ1) is 9.13. The number of hydrogen-bond donors (Lipinski definition) is 0. The van der Waals surface area contributed by atoms with Gasteiger partial charge in [0.25, 0.3) is 0 Å². The van der Waals surface area contributed by atoms with E-state index >= 15 is 0 Å². The Morgan fingerprint density at radius 1 is 1.24 bits per heavy atom. The number of nitrogens with zero attached hydrogens (tertiary/aromatic N) is 3. The van der Waals surface area contributed by atoms with Crippen molar-refractivity contribution in [2.24, 2.45) is 0 Å². The number of benzene rings is 1. The zero-order valence-corrected chi connectivity index (χ0v) is 14.7. The van der Waals surface area contributed by atoms with Crippen molar-refractivity contribution in [2.75, 3.05) is 27.2 Å². The number of imidazole rings is 1. The summed E-state index contributed by atoms with van der Waals surface area (Å²) in [5, 5.41) is 0. The van der Waals surface area contributed by atoms with Crippen LogP contribution in [0.5, 0.6) is 0 Å². The van der Waals surface area contributed by atoms with Gasteiger partial charge in [0.1, 0.15) is 12.1 Å². The van der Waals surface area contributed by atoms with Gasteiger partial charge >= 0.3 is 0 Å². The molecule has 0 saturated heterocycles. The van der Waals surface area contributed by atoms with Crippen molar-refractivity contribution in [3.8, 4) is 0 Å². The predicted octanol–water partition coefficient (Wildman–Crippen LogP) is 3.54.